The van der Waals surface area contributed by atoms with Gasteiger partial charge in [-0.3, -0.25) is 0 Å². The van der Waals surface area contributed by atoms with E-state index in [0.717, 1.165) is 6.61 Å². The molecule has 1 nitrogen and oxygen atoms in total. The number of rotatable bonds is 3. The van der Waals surface area contributed by atoms with Crippen molar-refractivity contribution < 1.29 is 23.3 Å². The summed E-state index contributed by atoms with van der Waals surface area (Å²) in [6.45, 7) is 13.3. The Bertz CT molecular complexity index is 78.2. The molecule has 3 heteroatoms. The summed E-state index contributed by atoms with van der Waals surface area (Å²) in [5, 5.41) is 0. The Labute approximate surface area is 77.8 Å². The maximum absolute atomic E-state index is 5.57. The van der Waals surface area contributed by atoms with Crippen LogP contribution in [0, 0.1) is 12.8 Å². The van der Waals surface area contributed by atoms with Crippen molar-refractivity contribution in [1.82, 2.24) is 0 Å². The first kappa shape index (κ1) is 13.4. The van der Waals surface area contributed by atoms with Gasteiger partial charge in [0.15, 0.2) is 8.32 Å². The van der Waals surface area contributed by atoms with Crippen LogP contribution >= 0.6 is 0 Å². The molecule has 0 aromatic rings. The fraction of sp³-hybridized carbons (Fsp3) is 0.857. The molecule has 0 rings (SSSR count). The molecule has 0 radical (unpaired) electrons. The Balaban J connectivity index is 0. The van der Waals surface area contributed by atoms with Gasteiger partial charge in [0, 0.05) is 6.61 Å². The second-order valence-corrected chi connectivity index (χ2v) is 8.04. The van der Waals surface area contributed by atoms with Gasteiger partial charge in [0.2, 0.25) is 0 Å². The van der Waals surface area contributed by atoms with Gasteiger partial charge in [0.25, 0.3) is 0 Å². The molecule has 0 N–H and O–H groups in total. The van der Waals surface area contributed by atoms with E-state index in [0.29, 0.717) is 5.92 Å². The minimum Gasteiger partial charge on any atom is -0.420 e. The zero-order chi connectivity index (χ0) is 7.49. The molecule has 0 aromatic heterocycles. The van der Waals surface area contributed by atoms with Crippen LogP contribution in [0.3, 0.4) is 0 Å². The fourth-order valence-corrected chi connectivity index (χ4v) is 1.18. The first-order chi connectivity index (χ1) is 3.92. The largest absolute Gasteiger partial charge is 1.00 e. The van der Waals surface area contributed by atoms with Crippen molar-refractivity contribution in [2.24, 2.45) is 5.92 Å². The first-order valence-corrected chi connectivity index (χ1v) is 6.79. The van der Waals surface area contributed by atoms with Crippen LogP contribution < -0.4 is 18.9 Å². The molecule has 1 unspecified atom stereocenters. The summed E-state index contributed by atoms with van der Waals surface area (Å²) in [6.07, 6.45) is 0. The molecule has 0 saturated heterocycles. The Hall–Kier alpha value is 0.774. The molecule has 0 aromatic carbocycles. The number of hydrogen-bond donors (Lipinski definition) is 0. The van der Waals surface area contributed by atoms with Crippen LogP contribution in [0.2, 0.25) is 19.6 Å². The standard InChI is InChI=1S/C7H17OSi.Li/c1-7(2)6-8-9(3,4)5;/h7H,1,6H2,2-5H3;/q-1;+1. The van der Waals surface area contributed by atoms with E-state index >= 15 is 0 Å². The molecule has 1 atom stereocenters. The van der Waals surface area contributed by atoms with Crippen LogP contribution in [0.15, 0.2) is 0 Å². The summed E-state index contributed by atoms with van der Waals surface area (Å²) < 4.78 is 5.57. The molecule has 0 aliphatic carbocycles. The monoisotopic (exact) mass is 152 g/mol. The van der Waals surface area contributed by atoms with Gasteiger partial charge < -0.3 is 11.3 Å². The van der Waals surface area contributed by atoms with Gasteiger partial charge in [0.05, 0.1) is 0 Å². The van der Waals surface area contributed by atoms with Crippen LogP contribution in [0.1, 0.15) is 6.92 Å². The van der Waals surface area contributed by atoms with Crippen LogP contribution in [0.25, 0.3) is 0 Å². The molecule has 0 heterocycles. The van der Waals surface area contributed by atoms with Crippen LogP contribution in [0.4, 0.5) is 0 Å². The Morgan fingerprint density at radius 2 is 1.80 bits per heavy atom. The molecule has 0 aliphatic heterocycles. The van der Waals surface area contributed by atoms with E-state index in [1.807, 2.05) is 0 Å². The van der Waals surface area contributed by atoms with Gasteiger partial charge >= 0.3 is 18.9 Å². The SMILES string of the molecule is [CH2-]C(C)CO[Si](C)(C)C.[Li+]. The van der Waals surface area contributed by atoms with Crippen molar-refractivity contribution in [3.63, 3.8) is 0 Å². The third-order valence-corrected chi connectivity index (χ3v) is 1.83. The summed E-state index contributed by atoms with van der Waals surface area (Å²) in [6, 6.07) is 0. The predicted molar refractivity (Wildman–Crippen MR) is 43.8 cm³/mol. The average molecular weight is 152 g/mol. The number of hydrogen-bond acceptors (Lipinski definition) is 1. The van der Waals surface area contributed by atoms with Gasteiger partial charge in [-0.15, -0.1) is 5.92 Å². The zero-order valence-electron chi connectivity index (χ0n) is 7.90. The smallest absolute Gasteiger partial charge is 0.420 e. The molecular weight excluding hydrogens is 135 g/mol. The molecular formula is C7H17LiOSi. The summed E-state index contributed by atoms with van der Waals surface area (Å²) in [4.78, 5) is 0. The van der Waals surface area contributed by atoms with Gasteiger partial charge in [0.1, 0.15) is 0 Å². The predicted octanol–water partition coefficient (Wildman–Crippen LogP) is -0.688. The quantitative estimate of drug-likeness (QED) is 0.384. The molecule has 0 bridgehead atoms. The maximum Gasteiger partial charge on any atom is 1.00 e. The summed E-state index contributed by atoms with van der Waals surface area (Å²) in [7, 11) is -1.26. The van der Waals surface area contributed by atoms with Crippen molar-refractivity contribution in [3.05, 3.63) is 6.92 Å². The third kappa shape index (κ3) is 11.6. The van der Waals surface area contributed by atoms with Gasteiger partial charge in [-0.1, -0.05) is 6.92 Å². The van der Waals surface area contributed by atoms with E-state index in [9.17, 15) is 0 Å². The van der Waals surface area contributed by atoms with Gasteiger partial charge in [-0.25, -0.2) is 0 Å². The molecule has 0 fully saturated rings. The van der Waals surface area contributed by atoms with Crippen molar-refractivity contribution >= 4 is 8.32 Å². The molecule has 0 saturated carbocycles. The van der Waals surface area contributed by atoms with Crippen molar-refractivity contribution in [3.8, 4) is 0 Å². The van der Waals surface area contributed by atoms with E-state index in [2.05, 4.69) is 33.5 Å². The summed E-state index contributed by atoms with van der Waals surface area (Å²) in [5.41, 5.74) is 0. The maximum atomic E-state index is 5.57. The summed E-state index contributed by atoms with van der Waals surface area (Å²) >= 11 is 0. The molecule has 0 amide bonds. The molecule has 10 heavy (non-hydrogen) atoms. The molecule has 0 aliphatic rings. The second kappa shape index (κ2) is 5.43. The van der Waals surface area contributed by atoms with Crippen molar-refractivity contribution in [1.29, 1.82) is 0 Å². The Morgan fingerprint density at radius 3 is 1.90 bits per heavy atom. The van der Waals surface area contributed by atoms with E-state index in [-0.39, 0.29) is 18.9 Å². The minimum absolute atomic E-state index is 0. The van der Waals surface area contributed by atoms with Gasteiger partial charge in [-0.2, -0.15) is 0 Å². The first-order valence-electron chi connectivity index (χ1n) is 3.39. The average Bonchev–Trinajstić information content (AvgIpc) is 1.59. The van der Waals surface area contributed by atoms with Crippen molar-refractivity contribution in [2.75, 3.05) is 6.61 Å². The Morgan fingerprint density at radius 1 is 1.40 bits per heavy atom. The van der Waals surface area contributed by atoms with E-state index in [4.69, 9.17) is 4.43 Å². The third-order valence-electron chi connectivity index (χ3n) is 0.801. The van der Waals surface area contributed by atoms with Crippen molar-refractivity contribution in [2.45, 2.75) is 26.6 Å². The van der Waals surface area contributed by atoms with Crippen LogP contribution in [0.5, 0.6) is 0 Å². The fourth-order valence-electron chi connectivity index (χ4n) is 0.392. The topological polar surface area (TPSA) is 9.23 Å². The van der Waals surface area contributed by atoms with E-state index in [1.165, 1.54) is 0 Å². The zero-order valence-corrected chi connectivity index (χ0v) is 8.90. The van der Waals surface area contributed by atoms with Gasteiger partial charge in [-0.05, 0) is 19.6 Å². The normalized spacial score (nSPS) is 14.1. The molecule has 0 spiro atoms. The Kier molecular flexibility index (Phi) is 7.26. The summed E-state index contributed by atoms with van der Waals surface area (Å²) in [5.74, 6) is 0.428. The second-order valence-electron chi connectivity index (χ2n) is 3.53. The van der Waals surface area contributed by atoms with Crippen LogP contribution in [-0.4, -0.2) is 14.9 Å². The van der Waals surface area contributed by atoms with E-state index in [1.54, 1.807) is 0 Å². The molecule has 56 valence electrons. The van der Waals surface area contributed by atoms with E-state index < -0.39 is 8.32 Å². The van der Waals surface area contributed by atoms with Crippen LogP contribution in [-0.2, 0) is 4.43 Å². The minimum atomic E-state index is -1.26.